The summed E-state index contributed by atoms with van der Waals surface area (Å²) in [7, 11) is 0. The zero-order valence-electron chi connectivity index (χ0n) is 16.9. The molecule has 27 heavy (non-hydrogen) atoms. The average molecular weight is 393 g/mol. The number of benzene rings is 1. The maximum atomic E-state index is 12.3. The van der Waals surface area contributed by atoms with E-state index in [0.717, 1.165) is 11.5 Å². The van der Waals surface area contributed by atoms with Gasteiger partial charge in [0, 0.05) is 37.1 Å². The van der Waals surface area contributed by atoms with Gasteiger partial charge in [-0.05, 0) is 46.1 Å². The zero-order valence-corrected chi connectivity index (χ0v) is 17.7. The fourth-order valence-corrected chi connectivity index (χ4v) is 3.73. The Balaban J connectivity index is 1.60. The van der Waals surface area contributed by atoms with Crippen molar-refractivity contribution in [2.75, 3.05) is 25.4 Å². The van der Waals surface area contributed by atoms with Crippen molar-refractivity contribution >= 4 is 23.8 Å². The number of nitrogens with one attached hydrogen (secondary N) is 1. The first-order valence-electron chi connectivity index (χ1n) is 9.63. The maximum Gasteiger partial charge on any atom is 0.410 e. The van der Waals surface area contributed by atoms with E-state index in [4.69, 9.17) is 4.74 Å². The number of rotatable bonds is 6. The fourth-order valence-electron chi connectivity index (χ4n) is 2.92. The number of ether oxygens (including phenoxy) is 1. The molecule has 1 saturated heterocycles. The molecular formula is C21H32N2O3S. The summed E-state index contributed by atoms with van der Waals surface area (Å²) in [6.45, 7) is 9.52. The standard InChI is InChI=1S/C21H32N2O3S/c1-16-5-7-17(8-6-16)15-27-14-11-22-19(24)18-9-12-23(13-10-18)20(25)26-21(2,3)4/h5-8,18H,9-15H2,1-4H3,(H,22,24). The Kier molecular flexibility index (Phi) is 8.02. The number of hydrogen-bond donors (Lipinski definition) is 1. The van der Waals surface area contributed by atoms with Crippen LogP contribution in [-0.4, -0.2) is 47.9 Å². The normalized spacial score (nSPS) is 15.5. The van der Waals surface area contributed by atoms with Gasteiger partial charge in [0.1, 0.15) is 5.60 Å². The first kappa shape index (κ1) is 21.6. The molecule has 0 aliphatic carbocycles. The van der Waals surface area contributed by atoms with E-state index in [2.05, 4.69) is 36.5 Å². The minimum Gasteiger partial charge on any atom is -0.444 e. The summed E-state index contributed by atoms with van der Waals surface area (Å²) in [5.74, 6) is 1.96. The summed E-state index contributed by atoms with van der Waals surface area (Å²) >= 11 is 1.83. The Labute approximate surface area is 167 Å². The van der Waals surface area contributed by atoms with Gasteiger partial charge in [-0.3, -0.25) is 4.79 Å². The van der Waals surface area contributed by atoms with Crippen LogP contribution in [0.3, 0.4) is 0 Å². The molecule has 0 atom stereocenters. The molecule has 0 spiro atoms. The smallest absolute Gasteiger partial charge is 0.410 e. The van der Waals surface area contributed by atoms with E-state index in [1.807, 2.05) is 32.5 Å². The number of likely N-dealkylation sites (tertiary alicyclic amines) is 1. The lowest BCUT2D eigenvalue weighted by molar-refractivity contribution is -0.126. The molecular weight excluding hydrogens is 360 g/mol. The van der Waals surface area contributed by atoms with Crippen LogP contribution in [0.15, 0.2) is 24.3 Å². The van der Waals surface area contributed by atoms with Crippen LogP contribution in [0.5, 0.6) is 0 Å². The molecule has 2 rings (SSSR count). The van der Waals surface area contributed by atoms with Crippen LogP contribution in [0.4, 0.5) is 4.79 Å². The largest absolute Gasteiger partial charge is 0.444 e. The van der Waals surface area contributed by atoms with Crippen molar-refractivity contribution < 1.29 is 14.3 Å². The van der Waals surface area contributed by atoms with E-state index in [0.29, 0.717) is 32.5 Å². The Bertz CT molecular complexity index is 617. The number of aryl methyl sites for hydroxylation is 1. The molecule has 1 heterocycles. The second-order valence-corrected chi connectivity index (χ2v) is 9.18. The second-order valence-electron chi connectivity index (χ2n) is 8.07. The third-order valence-electron chi connectivity index (χ3n) is 4.45. The van der Waals surface area contributed by atoms with Gasteiger partial charge in [0.05, 0.1) is 0 Å². The first-order chi connectivity index (χ1) is 12.7. The quantitative estimate of drug-likeness (QED) is 0.744. The van der Waals surface area contributed by atoms with Crippen LogP contribution in [0, 0.1) is 12.8 Å². The minimum absolute atomic E-state index is 0.00853. The van der Waals surface area contributed by atoms with Gasteiger partial charge < -0.3 is 15.0 Å². The van der Waals surface area contributed by atoms with Crippen molar-refractivity contribution in [2.24, 2.45) is 5.92 Å². The van der Waals surface area contributed by atoms with Crippen molar-refractivity contribution in [3.05, 3.63) is 35.4 Å². The minimum atomic E-state index is -0.485. The molecule has 5 nitrogen and oxygen atoms in total. The van der Waals surface area contributed by atoms with E-state index < -0.39 is 5.60 Å². The van der Waals surface area contributed by atoms with Crippen LogP contribution in [0.1, 0.15) is 44.7 Å². The lowest BCUT2D eigenvalue weighted by atomic mass is 9.96. The van der Waals surface area contributed by atoms with E-state index in [9.17, 15) is 9.59 Å². The van der Waals surface area contributed by atoms with Crippen LogP contribution < -0.4 is 5.32 Å². The van der Waals surface area contributed by atoms with Crippen molar-refractivity contribution in [2.45, 2.75) is 51.9 Å². The number of carbonyl (C=O) groups excluding carboxylic acids is 2. The second kappa shape index (κ2) is 10.0. The predicted molar refractivity (Wildman–Crippen MR) is 111 cm³/mol. The van der Waals surface area contributed by atoms with Gasteiger partial charge in [-0.2, -0.15) is 11.8 Å². The topological polar surface area (TPSA) is 58.6 Å². The number of carbonyl (C=O) groups is 2. The molecule has 2 amide bonds. The number of nitrogens with zero attached hydrogens (tertiary/aromatic N) is 1. The zero-order chi connectivity index (χ0) is 19.9. The number of thioether (sulfide) groups is 1. The SMILES string of the molecule is Cc1ccc(CSCCNC(=O)C2CCN(C(=O)OC(C)(C)C)CC2)cc1. The lowest BCUT2D eigenvalue weighted by Crippen LogP contribution is -2.45. The fraction of sp³-hybridized carbons (Fsp3) is 0.619. The molecule has 1 aliphatic heterocycles. The molecule has 0 aromatic heterocycles. The summed E-state index contributed by atoms with van der Waals surface area (Å²) in [5, 5.41) is 3.04. The Morgan fingerprint density at radius 2 is 1.81 bits per heavy atom. The Hall–Kier alpha value is -1.69. The molecule has 0 saturated carbocycles. The lowest BCUT2D eigenvalue weighted by Gasteiger charge is -2.32. The first-order valence-corrected chi connectivity index (χ1v) is 10.8. The molecule has 1 aromatic rings. The van der Waals surface area contributed by atoms with Crippen LogP contribution in [-0.2, 0) is 15.3 Å². The van der Waals surface area contributed by atoms with Crippen molar-refractivity contribution in [1.29, 1.82) is 0 Å². The summed E-state index contributed by atoms with van der Waals surface area (Å²) in [6, 6.07) is 8.56. The summed E-state index contributed by atoms with van der Waals surface area (Å²) < 4.78 is 5.39. The van der Waals surface area contributed by atoms with E-state index in [1.165, 1.54) is 11.1 Å². The maximum absolute atomic E-state index is 12.3. The highest BCUT2D eigenvalue weighted by Gasteiger charge is 2.29. The van der Waals surface area contributed by atoms with E-state index >= 15 is 0 Å². The third kappa shape index (κ3) is 7.83. The van der Waals surface area contributed by atoms with Gasteiger partial charge >= 0.3 is 6.09 Å². The molecule has 1 aromatic carbocycles. The van der Waals surface area contributed by atoms with E-state index in [1.54, 1.807) is 4.90 Å². The van der Waals surface area contributed by atoms with Gasteiger partial charge in [0.25, 0.3) is 0 Å². The van der Waals surface area contributed by atoms with Crippen LogP contribution in [0.2, 0.25) is 0 Å². The molecule has 1 aliphatic rings. The summed E-state index contributed by atoms with van der Waals surface area (Å²) in [4.78, 5) is 26.1. The van der Waals surface area contributed by atoms with Crippen molar-refractivity contribution in [3.8, 4) is 0 Å². The summed E-state index contributed by atoms with van der Waals surface area (Å²) in [6.07, 6.45) is 1.11. The average Bonchev–Trinajstić information content (AvgIpc) is 2.61. The number of piperidine rings is 1. The molecule has 1 N–H and O–H groups in total. The van der Waals surface area contributed by atoms with Gasteiger partial charge in [-0.15, -0.1) is 0 Å². The molecule has 150 valence electrons. The predicted octanol–water partition coefficient (Wildman–Crippen LogP) is 3.99. The molecule has 0 radical (unpaired) electrons. The molecule has 0 bridgehead atoms. The van der Waals surface area contributed by atoms with Gasteiger partial charge in [-0.1, -0.05) is 29.8 Å². The molecule has 0 unspecified atom stereocenters. The molecule has 6 heteroatoms. The van der Waals surface area contributed by atoms with Crippen LogP contribution in [0.25, 0.3) is 0 Å². The third-order valence-corrected chi connectivity index (χ3v) is 5.48. The highest BCUT2D eigenvalue weighted by molar-refractivity contribution is 7.98. The molecule has 1 fully saturated rings. The van der Waals surface area contributed by atoms with Crippen LogP contribution >= 0.6 is 11.8 Å². The van der Waals surface area contributed by atoms with Gasteiger partial charge in [0.2, 0.25) is 5.91 Å². The van der Waals surface area contributed by atoms with Gasteiger partial charge in [-0.25, -0.2) is 4.79 Å². The Morgan fingerprint density at radius 1 is 1.19 bits per heavy atom. The van der Waals surface area contributed by atoms with E-state index in [-0.39, 0.29) is 17.9 Å². The Morgan fingerprint density at radius 3 is 2.41 bits per heavy atom. The highest BCUT2D eigenvalue weighted by atomic mass is 32.2. The van der Waals surface area contributed by atoms with Crippen molar-refractivity contribution in [1.82, 2.24) is 10.2 Å². The summed E-state index contributed by atoms with van der Waals surface area (Å²) in [5.41, 5.74) is 2.10. The number of amides is 2. The van der Waals surface area contributed by atoms with Crippen molar-refractivity contribution in [3.63, 3.8) is 0 Å². The number of hydrogen-bond acceptors (Lipinski definition) is 4. The monoisotopic (exact) mass is 392 g/mol. The van der Waals surface area contributed by atoms with Gasteiger partial charge in [0.15, 0.2) is 0 Å². The highest BCUT2D eigenvalue weighted by Crippen LogP contribution is 2.20.